The highest BCUT2D eigenvalue weighted by molar-refractivity contribution is 7.98. The van der Waals surface area contributed by atoms with Crippen LogP contribution in [0.3, 0.4) is 0 Å². The Morgan fingerprint density at radius 2 is 2.26 bits per heavy atom. The maximum atomic E-state index is 12.1. The first-order valence-electron chi connectivity index (χ1n) is 5.86. The van der Waals surface area contributed by atoms with E-state index in [0.717, 1.165) is 5.75 Å². The lowest BCUT2D eigenvalue weighted by Crippen LogP contribution is -2.39. The van der Waals surface area contributed by atoms with E-state index in [1.54, 1.807) is 41.9 Å². The smallest absolute Gasteiger partial charge is 0.321 e. The van der Waals surface area contributed by atoms with Gasteiger partial charge in [-0.05, 0) is 25.3 Å². The number of methoxy groups -OCH3 is 1. The molecule has 6 heteroatoms. The van der Waals surface area contributed by atoms with Gasteiger partial charge in [0, 0.05) is 18.8 Å². The number of thioether (sulfide) groups is 1. The molecule has 1 N–H and O–H groups in total. The minimum atomic E-state index is -0.179. The molecule has 0 unspecified atom stereocenters. The third kappa shape index (κ3) is 4.21. The molecule has 0 saturated heterocycles. The highest BCUT2D eigenvalue weighted by Gasteiger charge is 2.17. The van der Waals surface area contributed by atoms with Gasteiger partial charge in [-0.25, -0.2) is 4.79 Å². The lowest BCUT2D eigenvalue weighted by atomic mass is 10.3. The molecule has 0 aliphatic heterocycles. The van der Waals surface area contributed by atoms with Gasteiger partial charge in [0.15, 0.2) is 5.75 Å². The number of hydrogen-bond donors (Lipinski definition) is 1. The zero-order valence-electron chi connectivity index (χ0n) is 11.6. The molecule has 0 bridgehead atoms. The number of nitrogens with one attached hydrogen (secondary N) is 1. The highest BCUT2D eigenvalue weighted by atomic mass is 35.5. The van der Waals surface area contributed by atoms with E-state index in [4.69, 9.17) is 16.3 Å². The second kappa shape index (κ2) is 7.50. The predicted molar refractivity (Wildman–Crippen MR) is 82.6 cm³/mol. The number of benzene rings is 1. The van der Waals surface area contributed by atoms with E-state index in [1.165, 1.54) is 7.11 Å². The number of para-hydroxylation sites is 1. The van der Waals surface area contributed by atoms with E-state index in [9.17, 15) is 4.79 Å². The van der Waals surface area contributed by atoms with Crippen molar-refractivity contribution >= 4 is 35.1 Å². The van der Waals surface area contributed by atoms with Crippen molar-refractivity contribution in [1.82, 2.24) is 4.90 Å². The Balaban J connectivity index is 2.79. The zero-order valence-corrected chi connectivity index (χ0v) is 13.1. The van der Waals surface area contributed by atoms with Gasteiger partial charge in [0.1, 0.15) is 0 Å². The Labute approximate surface area is 123 Å². The first-order valence-corrected chi connectivity index (χ1v) is 7.63. The first-order chi connectivity index (χ1) is 9.01. The van der Waals surface area contributed by atoms with Crippen LogP contribution < -0.4 is 10.1 Å². The fourth-order valence-electron chi connectivity index (χ4n) is 1.57. The summed E-state index contributed by atoms with van der Waals surface area (Å²) in [5.41, 5.74) is 0.572. The molecule has 1 atom stereocenters. The maximum Gasteiger partial charge on any atom is 0.321 e. The number of amides is 2. The van der Waals surface area contributed by atoms with Crippen LogP contribution in [0, 0.1) is 0 Å². The number of carbonyl (C=O) groups is 1. The van der Waals surface area contributed by atoms with Gasteiger partial charge in [-0.15, -0.1) is 0 Å². The normalized spacial score (nSPS) is 11.8. The summed E-state index contributed by atoms with van der Waals surface area (Å²) in [5.74, 6) is 1.36. The zero-order chi connectivity index (χ0) is 14.4. The van der Waals surface area contributed by atoms with Crippen LogP contribution >= 0.6 is 23.4 Å². The summed E-state index contributed by atoms with van der Waals surface area (Å²) in [6.07, 6.45) is 2.02. The summed E-state index contributed by atoms with van der Waals surface area (Å²) in [6, 6.07) is 5.22. The van der Waals surface area contributed by atoms with E-state index in [2.05, 4.69) is 5.32 Å². The van der Waals surface area contributed by atoms with Crippen LogP contribution in [-0.4, -0.2) is 43.1 Å². The van der Waals surface area contributed by atoms with Gasteiger partial charge >= 0.3 is 6.03 Å². The molecule has 1 aromatic carbocycles. The molecular formula is C13H19ClN2O2S. The summed E-state index contributed by atoms with van der Waals surface area (Å²) in [4.78, 5) is 13.8. The molecule has 0 fully saturated rings. The summed E-state index contributed by atoms with van der Waals surface area (Å²) >= 11 is 7.72. The highest BCUT2D eigenvalue weighted by Crippen LogP contribution is 2.32. The van der Waals surface area contributed by atoms with E-state index in [-0.39, 0.29) is 12.1 Å². The van der Waals surface area contributed by atoms with Crippen molar-refractivity contribution in [3.05, 3.63) is 23.2 Å². The standard InChI is InChI=1S/C13H19ClN2O2S/c1-9(8-19-4)16(2)13(17)15-11-7-5-6-10(14)12(11)18-3/h5-7,9H,8H2,1-4H3,(H,15,17)/t9-/m0/s1. The first kappa shape index (κ1) is 16.0. The number of halogens is 1. The molecule has 19 heavy (non-hydrogen) atoms. The number of urea groups is 1. The Morgan fingerprint density at radius 3 is 2.84 bits per heavy atom. The molecular weight excluding hydrogens is 284 g/mol. The quantitative estimate of drug-likeness (QED) is 0.904. The SMILES string of the molecule is COc1c(Cl)cccc1NC(=O)N(C)[C@@H](C)CSC. The van der Waals surface area contributed by atoms with Crippen LogP contribution in [0.1, 0.15) is 6.92 Å². The van der Waals surface area contributed by atoms with Crippen molar-refractivity contribution in [3.8, 4) is 5.75 Å². The van der Waals surface area contributed by atoms with Crippen LogP contribution in [0.2, 0.25) is 5.02 Å². The van der Waals surface area contributed by atoms with Gasteiger partial charge in [0.25, 0.3) is 0 Å². The van der Waals surface area contributed by atoms with Crippen molar-refractivity contribution in [3.63, 3.8) is 0 Å². The lowest BCUT2D eigenvalue weighted by Gasteiger charge is -2.25. The van der Waals surface area contributed by atoms with E-state index in [0.29, 0.717) is 16.5 Å². The third-order valence-electron chi connectivity index (χ3n) is 2.80. The van der Waals surface area contributed by atoms with Crippen LogP contribution in [0.25, 0.3) is 0 Å². The second-order valence-electron chi connectivity index (χ2n) is 4.17. The average Bonchev–Trinajstić information content (AvgIpc) is 2.38. The molecule has 106 valence electrons. The summed E-state index contributed by atoms with van der Waals surface area (Å²) < 4.78 is 5.20. The number of rotatable bonds is 5. The average molecular weight is 303 g/mol. The fourth-order valence-corrected chi connectivity index (χ4v) is 2.53. The van der Waals surface area contributed by atoms with Crippen molar-refractivity contribution in [2.75, 3.05) is 31.5 Å². The largest absolute Gasteiger partial charge is 0.493 e. The predicted octanol–water partition coefficient (Wildman–Crippen LogP) is 3.56. The minimum absolute atomic E-state index is 0.153. The summed E-state index contributed by atoms with van der Waals surface area (Å²) in [7, 11) is 3.30. The topological polar surface area (TPSA) is 41.6 Å². The van der Waals surface area contributed by atoms with Gasteiger partial charge < -0.3 is 15.0 Å². The molecule has 2 amide bonds. The van der Waals surface area contributed by atoms with Gasteiger partial charge in [-0.2, -0.15) is 11.8 Å². The molecule has 1 rings (SSSR count). The molecule has 0 aromatic heterocycles. The van der Waals surface area contributed by atoms with Crippen LogP contribution in [0.4, 0.5) is 10.5 Å². The summed E-state index contributed by atoms with van der Waals surface area (Å²) in [6.45, 7) is 2.01. The third-order valence-corrected chi connectivity index (χ3v) is 3.92. The second-order valence-corrected chi connectivity index (χ2v) is 5.48. The Hall–Kier alpha value is -1.07. The van der Waals surface area contributed by atoms with E-state index >= 15 is 0 Å². The monoisotopic (exact) mass is 302 g/mol. The van der Waals surface area contributed by atoms with Crippen LogP contribution in [-0.2, 0) is 0 Å². The molecule has 0 heterocycles. The van der Waals surface area contributed by atoms with Crippen molar-refractivity contribution in [1.29, 1.82) is 0 Å². The van der Waals surface area contributed by atoms with Crippen LogP contribution in [0.5, 0.6) is 5.75 Å². The lowest BCUT2D eigenvalue weighted by molar-refractivity contribution is 0.212. The fraction of sp³-hybridized carbons (Fsp3) is 0.462. The van der Waals surface area contributed by atoms with Crippen molar-refractivity contribution in [2.45, 2.75) is 13.0 Å². The van der Waals surface area contributed by atoms with Gasteiger partial charge in [0.2, 0.25) is 0 Å². The minimum Gasteiger partial charge on any atom is -0.493 e. The molecule has 0 radical (unpaired) electrons. The molecule has 0 aliphatic rings. The maximum absolute atomic E-state index is 12.1. The number of hydrogen-bond acceptors (Lipinski definition) is 3. The van der Waals surface area contributed by atoms with Crippen LogP contribution in [0.15, 0.2) is 18.2 Å². The Kier molecular flexibility index (Phi) is 6.31. The molecule has 0 saturated carbocycles. The van der Waals surface area contributed by atoms with Crippen molar-refractivity contribution < 1.29 is 9.53 Å². The number of anilines is 1. The Bertz CT molecular complexity index is 443. The van der Waals surface area contributed by atoms with Crippen molar-refractivity contribution in [2.24, 2.45) is 0 Å². The number of ether oxygens (including phenoxy) is 1. The molecule has 4 nitrogen and oxygen atoms in total. The molecule has 1 aromatic rings. The van der Waals surface area contributed by atoms with Gasteiger partial charge in [-0.1, -0.05) is 17.7 Å². The number of carbonyl (C=O) groups excluding carboxylic acids is 1. The van der Waals surface area contributed by atoms with Gasteiger partial charge in [0.05, 0.1) is 17.8 Å². The molecule has 0 spiro atoms. The molecule has 0 aliphatic carbocycles. The van der Waals surface area contributed by atoms with E-state index in [1.807, 2.05) is 13.2 Å². The van der Waals surface area contributed by atoms with E-state index < -0.39 is 0 Å². The number of nitrogens with zero attached hydrogens (tertiary/aromatic N) is 1. The summed E-state index contributed by atoms with van der Waals surface area (Å²) in [5, 5.41) is 3.28. The Morgan fingerprint density at radius 1 is 1.58 bits per heavy atom. The van der Waals surface area contributed by atoms with Gasteiger partial charge in [-0.3, -0.25) is 0 Å².